The van der Waals surface area contributed by atoms with Crippen molar-refractivity contribution in [1.29, 1.82) is 0 Å². The normalized spacial score (nSPS) is 23.4. The van der Waals surface area contributed by atoms with Crippen LogP contribution in [0.4, 0.5) is 5.82 Å². The molecule has 0 spiro atoms. The van der Waals surface area contributed by atoms with Crippen molar-refractivity contribution in [2.45, 2.75) is 39.7 Å². The zero-order valence-corrected chi connectivity index (χ0v) is 12.1. The highest BCUT2D eigenvalue weighted by Gasteiger charge is 2.26. The first-order valence-electron chi connectivity index (χ1n) is 7.01. The monoisotopic (exact) mass is 264 g/mol. The molecule has 2 N–H and O–H groups in total. The Balaban J connectivity index is 1.91. The minimum Gasteiger partial charge on any atom is -0.474 e. The molecule has 1 aliphatic rings. The smallest absolute Gasteiger partial charge is 0.234 e. The Hall–Kier alpha value is -1.36. The summed E-state index contributed by atoms with van der Waals surface area (Å²) in [4.78, 5) is 8.57. The summed E-state index contributed by atoms with van der Waals surface area (Å²) in [5, 5.41) is 6.82. The van der Waals surface area contributed by atoms with Gasteiger partial charge in [0.25, 0.3) is 0 Å². The molecule has 1 unspecified atom stereocenters. The molecule has 1 aromatic heterocycles. The third kappa shape index (κ3) is 4.35. The Morgan fingerprint density at radius 1 is 1.47 bits per heavy atom. The lowest BCUT2D eigenvalue weighted by Gasteiger charge is -2.34. The number of hydrogen-bond acceptors (Lipinski definition) is 5. The van der Waals surface area contributed by atoms with E-state index in [0.29, 0.717) is 5.88 Å². The molecule has 0 saturated carbocycles. The molecule has 2 heterocycles. The minimum atomic E-state index is 0.115. The van der Waals surface area contributed by atoms with Gasteiger partial charge in [-0.3, -0.25) is 4.98 Å². The highest BCUT2D eigenvalue weighted by molar-refractivity contribution is 5.33. The van der Waals surface area contributed by atoms with Gasteiger partial charge in [0, 0.05) is 13.1 Å². The van der Waals surface area contributed by atoms with Gasteiger partial charge in [0.2, 0.25) is 5.88 Å². The van der Waals surface area contributed by atoms with Crippen LogP contribution in [0, 0.1) is 5.41 Å². The average Bonchev–Trinajstić information content (AvgIpc) is 2.37. The number of nitrogens with one attached hydrogen (secondary N) is 2. The van der Waals surface area contributed by atoms with Crippen LogP contribution in [0.25, 0.3) is 0 Å². The maximum Gasteiger partial charge on any atom is 0.234 e. The van der Waals surface area contributed by atoms with Crippen LogP contribution in [0.5, 0.6) is 5.88 Å². The molecule has 5 heteroatoms. The first kappa shape index (κ1) is 14.1. The molecule has 106 valence electrons. The highest BCUT2D eigenvalue weighted by atomic mass is 16.5. The number of anilines is 1. The van der Waals surface area contributed by atoms with E-state index in [1.54, 1.807) is 12.4 Å². The van der Waals surface area contributed by atoms with Gasteiger partial charge in [0.05, 0.1) is 18.5 Å². The highest BCUT2D eigenvalue weighted by Crippen LogP contribution is 2.25. The Morgan fingerprint density at radius 3 is 3.00 bits per heavy atom. The Labute approximate surface area is 115 Å². The Kier molecular flexibility index (Phi) is 4.58. The van der Waals surface area contributed by atoms with Crippen molar-refractivity contribution in [3.05, 3.63) is 12.4 Å². The Morgan fingerprint density at radius 2 is 2.32 bits per heavy atom. The van der Waals surface area contributed by atoms with Crippen molar-refractivity contribution in [3.8, 4) is 5.88 Å². The van der Waals surface area contributed by atoms with Crippen molar-refractivity contribution >= 4 is 5.82 Å². The SMILES string of the molecule is CC(C)Oc1cncc(NCC2(C)CCCNC2)n1. The van der Waals surface area contributed by atoms with Crippen LogP contribution >= 0.6 is 0 Å². The predicted molar refractivity (Wildman–Crippen MR) is 76.5 cm³/mol. The molecule has 5 nitrogen and oxygen atoms in total. The van der Waals surface area contributed by atoms with Crippen LogP contribution in [0.3, 0.4) is 0 Å². The standard InChI is InChI=1S/C14H24N4O/c1-11(2)19-13-8-16-7-12(18-13)17-10-14(3)5-4-6-15-9-14/h7-8,11,15H,4-6,9-10H2,1-3H3,(H,17,18). The number of hydrogen-bond donors (Lipinski definition) is 2. The number of piperidine rings is 1. The number of ether oxygens (including phenoxy) is 1. The topological polar surface area (TPSA) is 59.1 Å². The van der Waals surface area contributed by atoms with E-state index >= 15 is 0 Å². The van der Waals surface area contributed by atoms with Gasteiger partial charge in [0.15, 0.2) is 0 Å². The van der Waals surface area contributed by atoms with E-state index in [-0.39, 0.29) is 11.5 Å². The van der Waals surface area contributed by atoms with E-state index in [4.69, 9.17) is 4.74 Å². The van der Waals surface area contributed by atoms with E-state index in [1.165, 1.54) is 12.8 Å². The zero-order valence-electron chi connectivity index (χ0n) is 12.1. The molecular weight excluding hydrogens is 240 g/mol. The van der Waals surface area contributed by atoms with Crippen LogP contribution in [-0.2, 0) is 0 Å². The fourth-order valence-corrected chi connectivity index (χ4v) is 2.31. The summed E-state index contributed by atoms with van der Waals surface area (Å²) in [7, 11) is 0. The molecular formula is C14H24N4O. The average molecular weight is 264 g/mol. The molecule has 19 heavy (non-hydrogen) atoms. The van der Waals surface area contributed by atoms with E-state index in [0.717, 1.165) is 25.5 Å². The van der Waals surface area contributed by atoms with Crippen molar-refractivity contribution in [3.63, 3.8) is 0 Å². The summed E-state index contributed by atoms with van der Waals surface area (Å²) in [6.45, 7) is 9.35. The lowest BCUT2D eigenvalue weighted by Crippen LogP contribution is -2.42. The summed E-state index contributed by atoms with van der Waals surface area (Å²) in [6.07, 6.45) is 5.98. The quantitative estimate of drug-likeness (QED) is 0.852. The van der Waals surface area contributed by atoms with E-state index in [9.17, 15) is 0 Å². The molecule has 0 bridgehead atoms. The van der Waals surface area contributed by atoms with Gasteiger partial charge >= 0.3 is 0 Å². The predicted octanol–water partition coefficient (Wildman–Crippen LogP) is 2.07. The van der Waals surface area contributed by atoms with Gasteiger partial charge in [-0.25, -0.2) is 0 Å². The van der Waals surface area contributed by atoms with Gasteiger partial charge in [-0.1, -0.05) is 6.92 Å². The van der Waals surface area contributed by atoms with Crippen LogP contribution in [0.2, 0.25) is 0 Å². The van der Waals surface area contributed by atoms with Crippen molar-refractivity contribution in [1.82, 2.24) is 15.3 Å². The first-order valence-corrected chi connectivity index (χ1v) is 7.01. The third-order valence-electron chi connectivity index (χ3n) is 3.35. The summed E-state index contributed by atoms with van der Waals surface area (Å²) in [5.41, 5.74) is 0.287. The molecule has 1 fully saturated rings. The summed E-state index contributed by atoms with van der Waals surface area (Å²) < 4.78 is 5.55. The van der Waals surface area contributed by atoms with Gasteiger partial charge in [-0.15, -0.1) is 0 Å². The molecule has 1 saturated heterocycles. The molecule has 0 radical (unpaired) electrons. The number of rotatable bonds is 5. The lowest BCUT2D eigenvalue weighted by molar-refractivity contribution is 0.231. The summed E-state index contributed by atoms with van der Waals surface area (Å²) in [5.74, 6) is 1.36. The third-order valence-corrected chi connectivity index (χ3v) is 3.35. The number of nitrogens with zero attached hydrogens (tertiary/aromatic N) is 2. The second-order valence-electron chi connectivity index (χ2n) is 5.85. The second kappa shape index (κ2) is 6.19. The summed E-state index contributed by atoms with van der Waals surface area (Å²) in [6, 6.07) is 0. The van der Waals surface area contributed by atoms with E-state index in [2.05, 4.69) is 27.5 Å². The van der Waals surface area contributed by atoms with E-state index in [1.807, 2.05) is 13.8 Å². The molecule has 1 aromatic rings. The van der Waals surface area contributed by atoms with Crippen LogP contribution in [0.15, 0.2) is 12.4 Å². The molecule has 1 atom stereocenters. The van der Waals surface area contributed by atoms with Crippen LogP contribution < -0.4 is 15.4 Å². The van der Waals surface area contributed by atoms with Gasteiger partial charge in [-0.2, -0.15) is 4.98 Å². The number of aromatic nitrogens is 2. The zero-order chi connectivity index (χ0) is 13.7. The summed E-state index contributed by atoms with van der Waals surface area (Å²) >= 11 is 0. The van der Waals surface area contributed by atoms with Crippen LogP contribution in [-0.4, -0.2) is 35.7 Å². The van der Waals surface area contributed by atoms with Crippen molar-refractivity contribution < 1.29 is 4.74 Å². The minimum absolute atomic E-state index is 0.115. The lowest BCUT2D eigenvalue weighted by atomic mass is 9.83. The first-order chi connectivity index (χ1) is 9.07. The molecule has 0 aliphatic carbocycles. The largest absolute Gasteiger partial charge is 0.474 e. The fraction of sp³-hybridized carbons (Fsp3) is 0.714. The molecule has 1 aliphatic heterocycles. The molecule has 0 aromatic carbocycles. The van der Waals surface area contributed by atoms with Gasteiger partial charge < -0.3 is 15.4 Å². The fourth-order valence-electron chi connectivity index (χ4n) is 2.31. The maximum absolute atomic E-state index is 5.55. The van der Waals surface area contributed by atoms with Crippen LogP contribution in [0.1, 0.15) is 33.6 Å². The van der Waals surface area contributed by atoms with E-state index < -0.39 is 0 Å². The van der Waals surface area contributed by atoms with Gasteiger partial charge in [0.1, 0.15) is 5.82 Å². The molecule has 0 amide bonds. The van der Waals surface area contributed by atoms with Gasteiger partial charge in [-0.05, 0) is 38.6 Å². The van der Waals surface area contributed by atoms with Crippen molar-refractivity contribution in [2.24, 2.45) is 5.41 Å². The maximum atomic E-state index is 5.55. The van der Waals surface area contributed by atoms with Crippen molar-refractivity contribution in [2.75, 3.05) is 25.0 Å². The molecule has 2 rings (SSSR count). The second-order valence-corrected chi connectivity index (χ2v) is 5.85. The Bertz CT molecular complexity index is 402.